The largest absolute Gasteiger partial charge is 0.449 e. The van der Waals surface area contributed by atoms with Crippen LogP contribution in [-0.2, 0) is 9.53 Å². The summed E-state index contributed by atoms with van der Waals surface area (Å²) in [5.41, 5.74) is 4.74. The molecular formula is C25H23NO3S. The van der Waals surface area contributed by atoms with Crippen molar-refractivity contribution >= 4 is 24.1 Å². The van der Waals surface area contributed by atoms with Crippen molar-refractivity contribution in [2.75, 3.05) is 12.4 Å². The third-order valence-electron chi connectivity index (χ3n) is 5.24. The van der Waals surface area contributed by atoms with Crippen molar-refractivity contribution in [2.45, 2.75) is 23.3 Å². The summed E-state index contributed by atoms with van der Waals surface area (Å²) in [6, 6.07) is 26.1. The second kappa shape index (κ2) is 9.63. The number of nitrogens with one attached hydrogen (secondary N) is 1. The minimum atomic E-state index is -0.489. The Labute approximate surface area is 180 Å². The Bertz CT molecular complexity index is 976. The molecule has 0 saturated heterocycles. The Balaban J connectivity index is 1.37. The molecule has 4 rings (SSSR count). The number of amides is 1. The van der Waals surface area contributed by atoms with Crippen LogP contribution in [0.25, 0.3) is 11.1 Å². The summed E-state index contributed by atoms with van der Waals surface area (Å²) < 4.78 is 5.59. The normalized spacial score (nSPS) is 13.2. The number of fused-ring (bicyclic) bond motifs is 3. The molecular weight excluding hydrogens is 394 g/mol. The standard InChI is InChI=1S/C25H23NO3S/c27-15-14-18(17-30-19-8-2-1-3-9-19)26-25(28)29-16-24-22-12-6-4-10-20(22)21-11-5-7-13-23(21)24/h1-13,15,18,24H,14,16-17H2,(H,26,28)/t18-/m1/s1. The van der Waals surface area contributed by atoms with Gasteiger partial charge in [-0.15, -0.1) is 11.8 Å². The molecule has 0 spiro atoms. The number of carbonyl (C=O) groups is 2. The Hall–Kier alpha value is -3.05. The highest BCUT2D eigenvalue weighted by Crippen LogP contribution is 2.44. The number of hydrogen-bond acceptors (Lipinski definition) is 4. The first-order chi connectivity index (χ1) is 14.8. The molecule has 3 aromatic carbocycles. The van der Waals surface area contributed by atoms with Gasteiger partial charge in [-0.2, -0.15) is 0 Å². The number of aldehydes is 1. The van der Waals surface area contributed by atoms with Crippen molar-refractivity contribution in [3.8, 4) is 11.1 Å². The number of ether oxygens (including phenoxy) is 1. The van der Waals surface area contributed by atoms with Crippen LogP contribution in [0.15, 0.2) is 83.8 Å². The zero-order valence-corrected chi connectivity index (χ0v) is 17.3. The van der Waals surface area contributed by atoms with E-state index in [0.717, 1.165) is 11.2 Å². The van der Waals surface area contributed by atoms with Crippen LogP contribution in [0.2, 0.25) is 0 Å². The molecule has 0 aliphatic heterocycles. The number of alkyl carbamates (subject to hydrolysis) is 1. The fourth-order valence-electron chi connectivity index (χ4n) is 3.81. The third kappa shape index (κ3) is 4.57. The van der Waals surface area contributed by atoms with E-state index < -0.39 is 6.09 Å². The first kappa shape index (κ1) is 20.2. The van der Waals surface area contributed by atoms with Crippen molar-refractivity contribution in [1.29, 1.82) is 0 Å². The van der Waals surface area contributed by atoms with Gasteiger partial charge in [-0.1, -0.05) is 66.7 Å². The highest BCUT2D eigenvalue weighted by atomic mass is 32.2. The highest BCUT2D eigenvalue weighted by Gasteiger charge is 2.29. The van der Waals surface area contributed by atoms with Crippen molar-refractivity contribution in [1.82, 2.24) is 5.32 Å². The molecule has 1 aliphatic carbocycles. The summed E-state index contributed by atoms with van der Waals surface area (Å²) in [7, 11) is 0. The van der Waals surface area contributed by atoms with Gasteiger partial charge in [0, 0.05) is 29.0 Å². The minimum absolute atomic E-state index is 0.0198. The molecule has 3 aromatic rings. The van der Waals surface area contributed by atoms with Gasteiger partial charge in [0.05, 0.1) is 0 Å². The van der Waals surface area contributed by atoms with Crippen molar-refractivity contribution in [3.05, 3.63) is 90.0 Å². The van der Waals surface area contributed by atoms with E-state index in [0.29, 0.717) is 5.75 Å². The maximum atomic E-state index is 12.5. The Kier molecular flexibility index (Phi) is 6.50. The van der Waals surface area contributed by atoms with E-state index in [1.807, 2.05) is 54.6 Å². The molecule has 0 unspecified atom stereocenters. The number of rotatable bonds is 8. The summed E-state index contributed by atoms with van der Waals surface area (Å²) in [6.07, 6.45) is 0.599. The molecule has 30 heavy (non-hydrogen) atoms. The van der Waals surface area contributed by atoms with Crippen molar-refractivity contribution < 1.29 is 14.3 Å². The number of thioether (sulfide) groups is 1. The van der Waals surface area contributed by atoms with Gasteiger partial charge in [-0.05, 0) is 34.4 Å². The van der Waals surface area contributed by atoms with Gasteiger partial charge in [-0.25, -0.2) is 4.79 Å². The molecule has 0 bridgehead atoms. The molecule has 0 saturated carbocycles. The molecule has 1 N–H and O–H groups in total. The Morgan fingerprint density at radius 1 is 0.933 bits per heavy atom. The topological polar surface area (TPSA) is 55.4 Å². The second-order valence-electron chi connectivity index (χ2n) is 7.19. The predicted molar refractivity (Wildman–Crippen MR) is 120 cm³/mol. The minimum Gasteiger partial charge on any atom is -0.449 e. The SMILES string of the molecule is O=CC[C@H](CSc1ccccc1)NC(=O)OCC1c2ccccc2-c2ccccc21. The summed E-state index contributed by atoms with van der Waals surface area (Å²) in [6.45, 7) is 0.263. The van der Waals surface area contributed by atoms with Gasteiger partial charge in [0.25, 0.3) is 0 Å². The van der Waals surface area contributed by atoms with E-state index in [-0.39, 0.29) is 25.0 Å². The fourth-order valence-corrected chi connectivity index (χ4v) is 4.77. The van der Waals surface area contributed by atoms with Gasteiger partial charge in [0.2, 0.25) is 0 Å². The van der Waals surface area contributed by atoms with Crippen molar-refractivity contribution in [3.63, 3.8) is 0 Å². The summed E-state index contributed by atoms with van der Waals surface area (Å²) in [5.74, 6) is 0.624. The van der Waals surface area contributed by atoms with Crippen LogP contribution in [0.1, 0.15) is 23.5 Å². The van der Waals surface area contributed by atoms with Gasteiger partial charge < -0.3 is 14.8 Å². The van der Waals surface area contributed by atoms with Crippen LogP contribution in [0.4, 0.5) is 4.79 Å². The van der Waals surface area contributed by atoms with Crippen LogP contribution < -0.4 is 5.32 Å². The van der Waals surface area contributed by atoms with Crippen LogP contribution >= 0.6 is 11.8 Å². The lowest BCUT2D eigenvalue weighted by Crippen LogP contribution is -2.37. The number of carbonyl (C=O) groups excluding carboxylic acids is 2. The first-order valence-corrected chi connectivity index (χ1v) is 11.0. The third-order valence-corrected chi connectivity index (χ3v) is 6.42. The quantitative estimate of drug-likeness (QED) is 0.400. The van der Waals surface area contributed by atoms with E-state index in [4.69, 9.17) is 4.74 Å². The smallest absolute Gasteiger partial charge is 0.407 e. The second-order valence-corrected chi connectivity index (χ2v) is 8.29. The molecule has 0 radical (unpaired) electrons. The predicted octanol–water partition coefficient (Wildman–Crippen LogP) is 5.28. The molecule has 5 heteroatoms. The monoisotopic (exact) mass is 417 g/mol. The van der Waals surface area contributed by atoms with E-state index in [2.05, 4.69) is 29.6 Å². The lowest BCUT2D eigenvalue weighted by molar-refractivity contribution is -0.108. The fraction of sp³-hybridized carbons (Fsp3) is 0.200. The van der Waals surface area contributed by atoms with E-state index in [1.165, 1.54) is 22.3 Å². The van der Waals surface area contributed by atoms with Gasteiger partial charge in [0.1, 0.15) is 12.9 Å². The van der Waals surface area contributed by atoms with Crippen LogP contribution in [0.5, 0.6) is 0 Å². The van der Waals surface area contributed by atoms with Gasteiger partial charge in [0.15, 0.2) is 0 Å². The average Bonchev–Trinajstić information content (AvgIpc) is 3.11. The summed E-state index contributed by atoms with van der Waals surface area (Å²) in [4.78, 5) is 24.6. The van der Waals surface area contributed by atoms with E-state index in [1.54, 1.807) is 11.8 Å². The van der Waals surface area contributed by atoms with E-state index in [9.17, 15) is 9.59 Å². The lowest BCUT2D eigenvalue weighted by Gasteiger charge is -2.18. The maximum absolute atomic E-state index is 12.5. The van der Waals surface area contributed by atoms with Crippen LogP contribution in [0, 0.1) is 0 Å². The Morgan fingerprint density at radius 2 is 1.53 bits per heavy atom. The van der Waals surface area contributed by atoms with Crippen molar-refractivity contribution in [2.24, 2.45) is 0 Å². The van der Waals surface area contributed by atoms with Crippen LogP contribution in [0.3, 0.4) is 0 Å². The number of hydrogen-bond donors (Lipinski definition) is 1. The Morgan fingerprint density at radius 3 is 2.17 bits per heavy atom. The molecule has 1 amide bonds. The first-order valence-electron chi connectivity index (χ1n) is 9.99. The molecule has 4 nitrogen and oxygen atoms in total. The molecule has 0 aromatic heterocycles. The molecule has 152 valence electrons. The maximum Gasteiger partial charge on any atom is 0.407 e. The summed E-state index contributed by atoms with van der Waals surface area (Å²) in [5, 5.41) is 2.85. The molecule has 0 fully saturated rings. The molecule has 1 aliphatic rings. The van der Waals surface area contributed by atoms with Gasteiger partial charge >= 0.3 is 6.09 Å². The number of benzene rings is 3. The average molecular weight is 418 g/mol. The zero-order valence-electron chi connectivity index (χ0n) is 16.5. The summed E-state index contributed by atoms with van der Waals surface area (Å²) >= 11 is 1.61. The van der Waals surface area contributed by atoms with Gasteiger partial charge in [-0.3, -0.25) is 0 Å². The molecule has 0 heterocycles. The highest BCUT2D eigenvalue weighted by molar-refractivity contribution is 7.99. The lowest BCUT2D eigenvalue weighted by atomic mass is 9.98. The van der Waals surface area contributed by atoms with Crippen LogP contribution in [-0.4, -0.2) is 30.8 Å². The zero-order chi connectivity index (χ0) is 20.8. The molecule has 1 atom stereocenters. The van der Waals surface area contributed by atoms with E-state index >= 15 is 0 Å².